The van der Waals surface area contributed by atoms with Gasteiger partial charge < -0.3 is 20.7 Å². The topological polar surface area (TPSA) is 110 Å². The number of aryl methyl sites for hydroxylation is 1. The Hall–Kier alpha value is -3.97. The Balaban J connectivity index is 1.33. The van der Waals surface area contributed by atoms with E-state index in [2.05, 4.69) is 40.2 Å². The molecule has 0 bridgehead atoms. The number of aromatic nitrogens is 2. The fraction of sp³-hybridized carbons (Fsp3) is 0.344. The van der Waals surface area contributed by atoms with Gasteiger partial charge in [0.15, 0.2) is 0 Å². The van der Waals surface area contributed by atoms with Crippen molar-refractivity contribution in [2.75, 3.05) is 6.61 Å². The number of nitrogens with two attached hydrogens (primary N) is 1. The first-order valence-electron chi connectivity index (χ1n) is 13.8. The third-order valence-corrected chi connectivity index (χ3v) is 7.85. The lowest BCUT2D eigenvalue weighted by molar-refractivity contribution is -0.131. The van der Waals surface area contributed by atoms with E-state index in [0.29, 0.717) is 18.5 Å². The molecule has 0 spiro atoms. The largest absolute Gasteiger partial charge is 0.396 e. The second-order valence-electron chi connectivity index (χ2n) is 10.4. The van der Waals surface area contributed by atoms with Crippen molar-refractivity contribution in [2.24, 2.45) is 11.7 Å². The van der Waals surface area contributed by atoms with Crippen LogP contribution in [0.1, 0.15) is 66.6 Å². The van der Waals surface area contributed by atoms with E-state index in [1.54, 1.807) is 0 Å². The SMILES string of the molecule is NC(=O)[C@@H](NC(=O)[C@@H]1CCCC[C@H]1c1ccc(Cn2c(CCCO)nc3ccccc32)cc1)c1ccccc1. The molecule has 1 aromatic heterocycles. The minimum absolute atomic E-state index is 0.0892. The summed E-state index contributed by atoms with van der Waals surface area (Å²) in [7, 11) is 0. The van der Waals surface area contributed by atoms with Crippen LogP contribution < -0.4 is 11.1 Å². The highest BCUT2D eigenvalue weighted by molar-refractivity contribution is 5.89. The summed E-state index contributed by atoms with van der Waals surface area (Å²) in [4.78, 5) is 30.4. The van der Waals surface area contributed by atoms with E-state index in [9.17, 15) is 14.7 Å². The van der Waals surface area contributed by atoms with E-state index in [1.807, 2.05) is 48.5 Å². The Kier molecular flexibility index (Phi) is 8.37. The van der Waals surface area contributed by atoms with E-state index in [0.717, 1.165) is 60.1 Å². The van der Waals surface area contributed by atoms with Crippen LogP contribution in [0.4, 0.5) is 0 Å². The second-order valence-corrected chi connectivity index (χ2v) is 10.4. The molecule has 1 fully saturated rings. The number of hydrogen-bond donors (Lipinski definition) is 3. The van der Waals surface area contributed by atoms with Crippen molar-refractivity contribution in [3.63, 3.8) is 0 Å². The third-order valence-electron chi connectivity index (χ3n) is 7.85. The quantitative estimate of drug-likeness (QED) is 0.281. The molecule has 0 radical (unpaired) electrons. The smallest absolute Gasteiger partial charge is 0.244 e. The van der Waals surface area contributed by atoms with Crippen LogP contribution in [0.3, 0.4) is 0 Å². The summed E-state index contributed by atoms with van der Waals surface area (Å²) < 4.78 is 2.23. The molecule has 7 heteroatoms. The second kappa shape index (κ2) is 12.3. The van der Waals surface area contributed by atoms with Crippen molar-refractivity contribution < 1.29 is 14.7 Å². The molecule has 5 rings (SSSR count). The summed E-state index contributed by atoms with van der Waals surface area (Å²) in [5.41, 5.74) is 10.7. The zero-order valence-electron chi connectivity index (χ0n) is 22.1. The summed E-state index contributed by atoms with van der Waals surface area (Å²) in [6.45, 7) is 0.826. The zero-order chi connectivity index (χ0) is 27.2. The monoisotopic (exact) mass is 524 g/mol. The van der Waals surface area contributed by atoms with Crippen LogP contribution in [0, 0.1) is 5.92 Å². The van der Waals surface area contributed by atoms with E-state index < -0.39 is 11.9 Å². The molecule has 1 heterocycles. The van der Waals surface area contributed by atoms with Crippen LogP contribution in [0.2, 0.25) is 0 Å². The minimum Gasteiger partial charge on any atom is -0.396 e. The van der Waals surface area contributed by atoms with Crippen LogP contribution >= 0.6 is 0 Å². The van der Waals surface area contributed by atoms with Crippen molar-refractivity contribution in [3.05, 3.63) is 101 Å². The predicted octanol–water partition coefficient (Wildman–Crippen LogP) is 4.63. The Bertz CT molecular complexity index is 1410. The van der Waals surface area contributed by atoms with Crippen molar-refractivity contribution in [1.29, 1.82) is 0 Å². The van der Waals surface area contributed by atoms with Crippen LogP contribution in [0.25, 0.3) is 11.0 Å². The maximum absolute atomic E-state index is 13.4. The number of imidazole rings is 1. The molecule has 202 valence electrons. The number of primary amides is 1. The highest BCUT2D eigenvalue weighted by Crippen LogP contribution is 2.38. The molecule has 4 N–H and O–H groups in total. The summed E-state index contributed by atoms with van der Waals surface area (Å²) >= 11 is 0. The molecule has 3 aromatic carbocycles. The minimum atomic E-state index is -0.839. The highest BCUT2D eigenvalue weighted by atomic mass is 16.3. The molecule has 0 aliphatic heterocycles. The lowest BCUT2D eigenvalue weighted by Crippen LogP contribution is -2.42. The van der Waals surface area contributed by atoms with Crippen LogP contribution in [0.15, 0.2) is 78.9 Å². The molecule has 0 unspecified atom stereocenters. The van der Waals surface area contributed by atoms with Gasteiger partial charge in [-0.05, 0) is 54.0 Å². The fourth-order valence-electron chi connectivity index (χ4n) is 5.84. The number of amides is 2. The van der Waals surface area contributed by atoms with E-state index in [1.165, 1.54) is 0 Å². The van der Waals surface area contributed by atoms with Gasteiger partial charge in [-0.25, -0.2) is 4.98 Å². The van der Waals surface area contributed by atoms with Crippen LogP contribution in [-0.2, 0) is 22.6 Å². The lowest BCUT2D eigenvalue weighted by Gasteiger charge is -2.32. The van der Waals surface area contributed by atoms with Gasteiger partial charge in [-0.3, -0.25) is 9.59 Å². The molecule has 0 saturated heterocycles. The molecule has 1 aliphatic rings. The summed E-state index contributed by atoms with van der Waals surface area (Å²) in [6.07, 6.45) is 5.17. The normalized spacial score (nSPS) is 18.1. The molecule has 2 amide bonds. The summed E-state index contributed by atoms with van der Waals surface area (Å²) in [5, 5.41) is 12.3. The molecule has 7 nitrogen and oxygen atoms in total. The molecular formula is C32H36N4O3. The van der Waals surface area contributed by atoms with Crippen LogP contribution in [-0.4, -0.2) is 33.1 Å². The Morgan fingerprint density at radius 3 is 2.44 bits per heavy atom. The lowest BCUT2D eigenvalue weighted by atomic mass is 9.74. The number of aliphatic hydroxyl groups excluding tert-OH is 1. The van der Waals surface area contributed by atoms with Gasteiger partial charge in [0.05, 0.1) is 11.0 Å². The maximum Gasteiger partial charge on any atom is 0.244 e. The van der Waals surface area contributed by atoms with Gasteiger partial charge in [-0.15, -0.1) is 0 Å². The number of fused-ring (bicyclic) bond motifs is 1. The first-order chi connectivity index (χ1) is 19.0. The highest BCUT2D eigenvalue weighted by Gasteiger charge is 2.34. The van der Waals surface area contributed by atoms with Gasteiger partial charge in [-0.2, -0.15) is 0 Å². The zero-order valence-corrected chi connectivity index (χ0v) is 22.1. The Morgan fingerprint density at radius 2 is 1.69 bits per heavy atom. The van der Waals surface area contributed by atoms with Gasteiger partial charge >= 0.3 is 0 Å². The summed E-state index contributed by atoms with van der Waals surface area (Å²) in [5.74, 6) is 0.177. The molecular weight excluding hydrogens is 488 g/mol. The van der Waals surface area contributed by atoms with E-state index in [-0.39, 0.29) is 24.3 Å². The van der Waals surface area contributed by atoms with Gasteiger partial charge in [-0.1, -0.05) is 79.6 Å². The molecule has 4 aromatic rings. The average molecular weight is 525 g/mol. The van der Waals surface area contributed by atoms with Gasteiger partial charge in [0.2, 0.25) is 11.8 Å². The maximum atomic E-state index is 13.4. The standard InChI is InChI=1S/C32H36N4O3/c33-31(38)30(24-9-2-1-3-10-24)35-32(39)26-12-5-4-11-25(26)23-18-16-22(17-19-23)21-36-28-14-7-6-13-27(28)34-29(36)15-8-20-37/h1-3,6-7,9-10,13-14,16-19,25-26,30,37H,4-5,8,11-12,15,20-21H2,(H2,33,38)(H,35,39)/t25-,26+,30-/m0/s1. The Labute approximate surface area is 229 Å². The van der Waals surface area contributed by atoms with Gasteiger partial charge in [0.1, 0.15) is 11.9 Å². The van der Waals surface area contributed by atoms with Crippen LogP contribution in [0.5, 0.6) is 0 Å². The summed E-state index contributed by atoms with van der Waals surface area (Å²) in [6, 6.07) is 25.0. The molecule has 3 atom stereocenters. The number of rotatable bonds is 10. The number of benzene rings is 3. The number of para-hydroxylation sites is 2. The fourth-order valence-corrected chi connectivity index (χ4v) is 5.84. The number of aliphatic hydroxyl groups is 1. The number of carbonyl (C=O) groups excluding carboxylic acids is 2. The molecule has 1 aliphatic carbocycles. The Morgan fingerprint density at radius 1 is 0.974 bits per heavy atom. The molecule has 1 saturated carbocycles. The number of carbonyl (C=O) groups is 2. The number of hydrogen-bond acceptors (Lipinski definition) is 4. The van der Waals surface area contributed by atoms with E-state index >= 15 is 0 Å². The van der Waals surface area contributed by atoms with Crippen molar-refractivity contribution in [3.8, 4) is 0 Å². The first-order valence-corrected chi connectivity index (χ1v) is 13.8. The van der Waals surface area contributed by atoms with Crippen molar-refractivity contribution >= 4 is 22.8 Å². The van der Waals surface area contributed by atoms with Gasteiger partial charge in [0.25, 0.3) is 0 Å². The first kappa shape index (κ1) is 26.6. The predicted molar refractivity (Wildman–Crippen MR) is 152 cm³/mol. The number of nitrogens with one attached hydrogen (secondary N) is 1. The van der Waals surface area contributed by atoms with Crippen molar-refractivity contribution in [2.45, 2.75) is 57.0 Å². The van der Waals surface area contributed by atoms with Crippen molar-refractivity contribution in [1.82, 2.24) is 14.9 Å². The van der Waals surface area contributed by atoms with E-state index in [4.69, 9.17) is 10.7 Å². The third kappa shape index (κ3) is 6.04. The molecule has 39 heavy (non-hydrogen) atoms. The van der Waals surface area contributed by atoms with Gasteiger partial charge in [0, 0.05) is 25.5 Å². The number of nitrogens with zero attached hydrogens (tertiary/aromatic N) is 2. The average Bonchev–Trinajstić information content (AvgIpc) is 3.32.